The van der Waals surface area contributed by atoms with Gasteiger partial charge in [0.2, 0.25) is 5.43 Å². The molecule has 156 valence electrons. The Hall–Kier alpha value is -3.61. The van der Waals surface area contributed by atoms with Crippen molar-refractivity contribution in [3.8, 4) is 16.9 Å². The predicted molar refractivity (Wildman–Crippen MR) is 113 cm³/mol. The van der Waals surface area contributed by atoms with Crippen molar-refractivity contribution in [3.05, 3.63) is 64.5 Å². The summed E-state index contributed by atoms with van der Waals surface area (Å²) in [5.41, 5.74) is 0.746. The van der Waals surface area contributed by atoms with Crippen molar-refractivity contribution in [2.45, 2.75) is 33.3 Å². The van der Waals surface area contributed by atoms with Crippen LogP contribution in [0.4, 0.5) is 4.79 Å². The maximum atomic E-state index is 12.9. The number of hydrogen-bond donors (Lipinski definition) is 1. The van der Waals surface area contributed by atoms with Crippen LogP contribution >= 0.6 is 0 Å². The smallest absolute Gasteiger partial charge is 0.408 e. The number of carbonyl (C=O) groups excluding carboxylic acids is 2. The molecule has 0 unspecified atom stereocenters. The molecule has 3 aromatic rings. The van der Waals surface area contributed by atoms with E-state index >= 15 is 0 Å². The van der Waals surface area contributed by atoms with Gasteiger partial charge < -0.3 is 19.2 Å². The van der Waals surface area contributed by atoms with Crippen molar-refractivity contribution in [2.75, 3.05) is 6.54 Å². The lowest BCUT2D eigenvalue weighted by Crippen LogP contribution is -2.36. The summed E-state index contributed by atoms with van der Waals surface area (Å²) < 4.78 is 16.1. The zero-order chi connectivity index (χ0) is 21.9. The minimum atomic E-state index is -0.715. The van der Waals surface area contributed by atoms with E-state index in [1.807, 2.05) is 30.3 Å². The van der Waals surface area contributed by atoms with E-state index in [2.05, 4.69) is 5.32 Å². The van der Waals surface area contributed by atoms with Crippen molar-refractivity contribution in [1.29, 1.82) is 0 Å². The molecular formula is C23H23NO6. The monoisotopic (exact) mass is 409 g/mol. The average molecular weight is 409 g/mol. The molecule has 0 aliphatic rings. The van der Waals surface area contributed by atoms with E-state index in [9.17, 15) is 14.4 Å². The Labute approximate surface area is 173 Å². The SMILES string of the molecule is Cc1oc2cc(OC(=O)CNC(=O)OC(C)(C)C)ccc2c(=O)c1-c1ccccc1. The molecule has 0 radical (unpaired) electrons. The molecule has 7 nitrogen and oxygen atoms in total. The lowest BCUT2D eigenvalue weighted by molar-refractivity contribution is -0.133. The minimum absolute atomic E-state index is 0.163. The van der Waals surface area contributed by atoms with Gasteiger partial charge in [0.25, 0.3) is 0 Å². The highest BCUT2D eigenvalue weighted by molar-refractivity contribution is 5.85. The zero-order valence-corrected chi connectivity index (χ0v) is 17.3. The fourth-order valence-corrected chi connectivity index (χ4v) is 2.91. The number of nitrogens with one attached hydrogen (secondary N) is 1. The van der Waals surface area contributed by atoms with Crippen LogP contribution in [0.15, 0.2) is 57.7 Å². The first kappa shape index (κ1) is 21.1. The van der Waals surface area contributed by atoms with Gasteiger partial charge in [-0.2, -0.15) is 0 Å². The first-order valence-corrected chi connectivity index (χ1v) is 9.44. The number of rotatable bonds is 4. The van der Waals surface area contributed by atoms with Crippen LogP contribution in [0.2, 0.25) is 0 Å². The number of amides is 1. The van der Waals surface area contributed by atoms with Crippen LogP contribution in [0.5, 0.6) is 5.75 Å². The molecule has 0 spiro atoms. The van der Waals surface area contributed by atoms with E-state index < -0.39 is 17.7 Å². The van der Waals surface area contributed by atoms with Crippen molar-refractivity contribution in [2.24, 2.45) is 0 Å². The third-order valence-electron chi connectivity index (χ3n) is 4.11. The first-order chi connectivity index (χ1) is 14.1. The van der Waals surface area contributed by atoms with Gasteiger partial charge in [0.05, 0.1) is 10.9 Å². The molecule has 0 saturated heterocycles. The van der Waals surface area contributed by atoms with Crippen LogP contribution < -0.4 is 15.5 Å². The summed E-state index contributed by atoms with van der Waals surface area (Å²) in [6, 6.07) is 13.8. The average Bonchev–Trinajstić information content (AvgIpc) is 2.66. The van der Waals surface area contributed by atoms with Crippen LogP contribution in [0.1, 0.15) is 26.5 Å². The Bertz CT molecular complexity index is 1140. The predicted octanol–water partition coefficient (Wildman–Crippen LogP) is 4.20. The van der Waals surface area contributed by atoms with E-state index in [-0.39, 0.29) is 17.7 Å². The van der Waals surface area contributed by atoms with Crippen LogP contribution in [-0.2, 0) is 9.53 Å². The molecular weight excluding hydrogens is 386 g/mol. The molecule has 0 bridgehead atoms. The fraction of sp³-hybridized carbons (Fsp3) is 0.261. The topological polar surface area (TPSA) is 94.8 Å². The summed E-state index contributed by atoms with van der Waals surface area (Å²) in [7, 11) is 0. The molecule has 0 atom stereocenters. The zero-order valence-electron chi connectivity index (χ0n) is 17.3. The Morgan fingerprint density at radius 3 is 2.43 bits per heavy atom. The highest BCUT2D eigenvalue weighted by Gasteiger charge is 2.18. The molecule has 0 aliphatic heterocycles. The number of hydrogen-bond acceptors (Lipinski definition) is 6. The summed E-state index contributed by atoms with van der Waals surface area (Å²) in [6.45, 7) is 6.52. The van der Waals surface area contributed by atoms with Gasteiger partial charge in [-0.25, -0.2) is 9.59 Å². The number of carbonyl (C=O) groups is 2. The Morgan fingerprint density at radius 2 is 1.77 bits per heavy atom. The molecule has 3 rings (SSSR count). The summed E-state index contributed by atoms with van der Waals surface area (Å²) in [4.78, 5) is 36.6. The molecule has 0 fully saturated rings. The number of alkyl carbamates (subject to hydrolysis) is 1. The van der Waals surface area contributed by atoms with E-state index in [4.69, 9.17) is 13.9 Å². The molecule has 2 aromatic carbocycles. The fourth-order valence-electron chi connectivity index (χ4n) is 2.91. The van der Waals surface area contributed by atoms with Gasteiger partial charge in [-0.05, 0) is 45.4 Å². The van der Waals surface area contributed by atoms with Crippen molar-refractivity contribution in [3.63, 3.8) is 0 Å². The van der Waals surface area contributed by atoms with Crippen molar-refractivity contribution < 1.29 is 23.5 Å². The quantitative estimate of drug-likeness (QED) is 0.513. The van der Waals surface area contributed by atoms with E-state index in [1.54, 1.807) is 33.8 Å². The number of ether oxygens (including phenoxy) is 2. The van der Waals surface area contributed by atoms with Gasteiger partial charge in [0.1, 0.15) is 29.2 Å². The van der Waals surface area contributed by atoms with Gasteiger partial charge in [-0.15, -0.1) is 0 Å². The van der Waals surface area contributed by atoms with Crippen molar-refractivity contribution >= 4 is 23.0 Å². The molecule has 30 heavy (non-hydrogen) atoms. The maximum absolute atomic E-state index is 12.9. The largest absolute Gasteiger partial charge is 0.460 e. The van der Waals surface area contributed by atoms with Crippen LogP contribution in [0, 0.1) is 6.92 Å². The van der Waals surface area contributed by atoms with Crippen molar-refractivity contribution in [1.82, 2.24) is 5.32 Å². The lowest BCUT2D eigenvalue weighted by Gasteiger charge is -2.19. The summed E-state index contributed by atoms with van der Waals surface area (Å²) >= 11 is 0. The molecule has 0 aliphatic carbocycles. The normalized spacial score (nSPS) is 11.2. The second-order valence-corrected chi connectivity index (χ2v) is 7.72. The molecule has 0 saturated carbocycles. The third kappa shape index (κ3) is 5.05. The third-order valence-corrected chi connectivity index (χ3v) is 4.11. The van der Waals surface area contributed by atoms with Crippen LogP contribution in [0.3, 0.4) is 0 Å². The maximum Gasteiger partial charge on any atom is 0.408 e. The standard InChI is InChI=1S/C23H23NO6/c1-14-20(15-8-6-5-7-9-15)21(26)17-11-10-16(12-18(17)28-14)29-19(25)13-24-22(27)30-23(2,3)4/h5-12H,13H2,1-4H3,(H,24,27). The van der Waals surface area contributed by atoms with E-state index in [0.717, 1.165) is 5.56 Å². The number of esters is 1. The summed E-state index contributed by atoms with van der Waals surface area (Å²) in [5.74, 6) is -0.0116. The highest BCUT2D eigenvalue weighted by Crippen LogP contribution is 2.26. The number of benzene rings is 2. The Morgan fingerprint density at radius 1 is 1.07 bits per heavy atom. The lowest BCUT2D eigenvalue weighted by atomic mass is 10.0. The molecule has 1 heterocycles. The van der Waals surface area contributed by atoms with Gasteiger partial charge >= 0.3 is 12.1 Å². The number of aryl methyl sites for hydroxylation is 1. The Kier molecular flexibility index (Phi) is 5.91. The highest BCUT2D eigenvalue weighted by atomic mass is 16.6. The van der Waals surface area contributed by atoms with Crippen LogP contribution in [0.25, 0.3) is 22.1 Å². The van der Waals surface area contributed by atoms with E-state index in [1.165, 1.54) is 12.1 Å². The summed E-state index contributed by atoms with van der Waals surface area (Å²) in [5, 5.41) is 2.71. The minimum Gasteiger partial charge on any atom is -0.460 e. The molecule has 1 aromatic heterocycles. The van der Waals surface area contributed by atoms with Gasteiger partial charge in [0, 0.05) is 6.07 Å². The Balaban J connectivity index is 1.77. The van der Waals surface area contributed by atoms with Gasteiger partial charge in [-0.3, -0.25) is 4.79 Å². The van der Waals surface area contributed by atoms with Gasteiger partial charge in [-0.1, -0.05) is 30.3 Å². The second kappa shape index (κ2) is 8.41. The van der Waals surface area contributed by atoms with Gasteiger partial charge in [0.15, 0.2) is 0 Å². The molecule has 7 heteroatoms. The summed E-state index contributed by atoms with van der Waals surface area (Å²) in [6.07, 6.45) is -0.715. The molecule has 1 amide bonds. The molecule has 1 N–H and O–H groups in total. The number of fused-ring (bicyclic) bond motifs is 1. The second-order valence-electron chi connectivity index (χ2n) is 7.72. The van der Waals surface area contributed by atoms with E-state index in [0.29, 0.717) is 22.3 Å². The first-order valence-electron chi connectivity index (χ1n) is 9.44. The van der Waals surface area contributed by atoms with Crippen LogP contribution in [-0.4, -0.2) is 24.2 Å².